The number of unbranched alkanes of at least 4 members (excludes halogenated alkanes) is 1. The fourth-order valence-electron chi connectivity index (χ4n) is 1.63. The zero-order valence-corrected chi connectivity index (χ0v) is 14.1. The summed E-state index contributed by atoms with van der Waals surface area (Å²) in [6.45, 7) is 2.48. The molecule has 5 nitrogen and oxygen atoms in total. The topological polar surface area (TPSA) is 64.1 Å². The van der Waals surface area contributed by atoms with Crippen molar-refractivity contribution in [2.75, 3.05) is 11.9 Å². The van der Waals surface area contributed by atoms with Gasteiger partial charge in [-0.25, -0.2) is 4.79 Å². The molecule has 0 unspecified atom stereocenters. The van der Waals surface area contributed by atoms with Crippen LogP contribution in [0.3, 0.4) is 0 Å². The lowest BCUT2D eigenvalue weighted by Gasteiger charge is -2.02. The number of ether oxygens (including phenoxy) is 1. The predicted molar refractivity (Wildman–Crippen MR) is 91.2 cm³/mol. The normalized spacial score (nSPS) is 10.4. The zero-order valence-electron chi connectivity index (χ0n) is 12.4. The summed E-state index contributed by atoms with van der Waals surface area (Å²) >= 11 is 3.15. The Morgan fingerprint density at radius 1 is 1.27 bits per heavy atom. The third kappa shape index (κ3) is 6.03. The summed E-state index contributed by atoms with van der Waals surface area (Å²) in [5, 5.41) is 12.0. The van der Waals surface area contributed by atoms with Crippen LogP contribution in [-0.2, 0) is 16.2 Å². The van der Waals surface area contributed by atoms with Crippen molar-refractivity contribution in [2.24, 2.45) is 0 Å². The fourth-order valence-corrected chi connectivity index (χ4v) is 3.39. The van der Waals surface area contributed by atoms with E-state index in [0.29, 0.717) is 11.7 Å². The van der Waals surface area contributed by atoms with Gasteiger partial charge in [0.05, 0.1) is 6.61 Å². The Kier molecular flexibility index (Phi) is 7.18. The van der Waals surface area contributed by atoms with Crippen molar-refractivity contribution in [3.05, 3.63) is 40.9 Å². The van der Waals surface area contributed by atoms with Crippen LogP contribution in [0.1, 0.15) is 30.3 Å². The number of hydrogen-bond acceptors (Lipinski definition) is 6. The summed E-state index contributed by atoms with van der Waals surface area (Å²) in [7, 11) is 0. The molecular weight excluding hydrogens is 318 g/mol. The number of thioether (sulfide) groups is 1. The maximum absolute atomic E-state index is 11.5. The van der Waals surface area contributed by atoms with Crippen LogP contribution in [0, 0.1) is 0 Å². The standard InChI is InChI=1S/C15H19N3O2S2/c1-2-3-9-20-15(19)16-14-18-17-13(22-14)11-21-10-12-7-5-4-6-8-12/h4-8H,2-3,9-11H2,1H3,(H,16,18,19). The van der Waals surface area contributed by atoms with Gasteiger partial charge in [0.2, 0.25) is 5.13 Å². The van der Waals surface area contributed by atoms with Crippen molar-refractivity contribution in [3.8, 4) is 0 Å². The van der Waals surface area contributed by atoms with Gasteiger partial charge in [0, 0.05) is 11.5 Å². The van der Waals surface area contributed by atoms with Gasteiger partial charge in [0.25, 0.3) is 0 Å². The first-order chi connectivity index (χ1) is 10.8. The van der Waals surface area contributed by atoms with Crippen LogP contribution in [0.15, 0.2) is 30.3 Å². The summed E-state index contributed by atoms with van der Waals surface area (Å²) in [6, 6.07) is 10.3. The van der Waals surface area contributed by atoms with E-state index in [-0.39, 0.29) is 0 Å². The second kappa shape index (κ2) is 9.42. The second-order valence-electron chi connectivity index (χ2n) is 4.59. The number of nitrogens with one attached hydrogen (secondary N) is 1. The smallest absolute Gasteiger partial charge is 0.413 e. The average molecular weight is 337 g/mol. The molecule has 7 heteroatoms. The number of carbonyl (C=O) groups is 1. The van der Waals surface area contributed by atoms with Gasteiger partial charge in [-0.3, -0.25) is 5.32 Å². The molecule has 1 aromatic heterocycles. The molecule has 0 saturated heterocycles. The monoisotopic (exact) mass is 337 g/mol. The molecule has 0 aliphatic carbocycles. The minimum absolute atomic E-state index is 0.431. The predicted octanol–water partition coefficient (Wildman–Crippen LogP) is 4.32. The van der Waals surface area contributed by atoms with Crippen molar-refractivity contribution in [1.29, 1.82) is 0 Å². The molecule has 2 rings (SSSR count). The van der Waals surface area contributed by atoms with Gasteiger partial charge in [-0.2, -0.15) is 0 Å². The molecule has 2 aromatic rings. The largest absolute Gasteiger partial charge is 0.449 e. The lowest BCUT2D eigenvalue weighted by Crippen LogP contribution is -2.14. The number of carbonyl (C=O) groups excluding carboxylic acids is 1. The van der Waals surface area contributed by atoms with E-state index in [4.69, 9.17) is 4.74 Å². The quantitative estimate of drug-likeness (QED) is 0.727. The van der Waals surface area contributed by atoms with Crippen molar-refractivity contribution in [2.45, 2.75) is 31.3 Å². The van der Waals surface area contributed by atoms with E-state index < -0.39 is 6.09 Å². The highest BCUT2D eigenvalue weighted by Crippen LogP contribution is 2.22. The first-order valence-electron chi connectivity index (χ1n) is 7.15. The Balaban J connectivity index is 1.71. The minimum atomic E-state index is -0.465. The van der Waals surface area contributed by atoms with Crippen LogP contribution in [-0.4, -0.2) is 22.9 Å². The van der Waals surface area contributed by atoms with E-state index in [0.717, 1.165) is 29.4 Å². The highest BCUT2D eigenvalue weighted by molar-refractivity contribution is 7.97. The molecule has 1 heterocycles. The number of rotatable bonds is 8. The van der Waals surface area contributed by atoms with E-state index >= 15 is 0 Å². The van der Waals surface area contributed by atoms with Gasteiger partial charge in [-0.05, 0) is 12.0 Å². The van der Waals surface area contributed by atoms with Crippen LogP contribution in [0.2, 0.25) is 0 Å². The molecule has 0 spiro atoms. The van der Waals surface area contributed by atoms with Crippen LogP contribution in [0.5, 0.6) is 0 Å². The summed E-state index contributed by atoms with van der Waals surface area (Å²) in [5.74, 6) is 1.71. The van der Waals surface area contributed by atoms with E-state index in [1.807, 2.05) is 25.1 Å². The highest BCUT2D eigenvalue weighted by Gasteiger charge is 2.09. The van der Waals surface area contributed by atoms with Crippen molar-refractivity contribution in [1.82, 2.24) is 10.2 Å². The molecule has 0 radical (unpaired) electrons. The molecule has 0 aliphatic rings. The number of nitrogens with zero attached hydrogens (tertiary/aromatic N) is 2. The molecule has 1 N–H and O–H groups in total. The maximum Gasteiger partial charge on any atom is 0.413 e. The van der Waals surface area contributed by atoms with E-state index in [1.54, 1.807) is 11.8 Å². The van der Waals surface area contributed by atoms with Crippen molar-refractivity contribution >= 4 is 34.3 Å². The first-order valence-corrected chi connectivity index (χ1v) is 9.13. The van der Waals surface area contributed by atoms with Gasteiger partial charge < -0.3 is 4.74 Å². The Hall–Kier alpha value is -1.60. The first kappa shape index (κ1) is 16.8. The Morgan fingerprint density at radius 2 is 2.09 bits per heavy atom. The van der Waals surface area contributed by atoms with Crippen LogP contribution >= 0.6 is 23.1 Å². The third-order valence-corrected chi connectivity index (χ3v) is 4.78. The lowest BCUT2D eigenvalue weighted by molar-refractivity contribution is 0.160. The summed E-state index contributed by atoms with van der Waals surface area (Å²) < 4.78 is 5.02. The summed E-state index contributed by atoms with van der Waals surface area (Å²) in [4.78, 5) is 11.5. The van der Waals surface area contributed by atoms with Gasteiger partial charge in [-0.1, -0.05) is 55.0 Å². The lowest BCUT2D eigenvalue weighted by atomic mass is 10.2. The molecular formula is C15H19N3O2S2. The summed E-state index contributed by atoms with van der Waals surface area (Å²) in [5.41, 5.74) is 1.29. The summed E-state index contributed by atoms with van der Waals surface area (Å²) in [6.07, 6.45) is 1.40. The second-order valence-corrected chi connectivity index (χ2v) is 6.64. The Morgan fingerprint density at radius 3 is 2.86 bits per heavy atom. The molecule has 0 fully saturated rings. The van der Waals surface area contributed by atoms with Gasteiger partial charge in [-0.15, -0.1) is 22.0 Å². The van der Waals surface area contributed by atoms with Gasteiger partial charge >= 0.3 is 6.09 Å². The van der Waals surface area contributed by atoms with Crippen LogP contribution in [0.25, 0.3) is 0 Å². The van der Waals surface area contributed by atoms with E-state index in [1.165, 1.54) is 16.9 Å². The van der Waals surface area contributed by atoms with Crippen molar-refractivity contribution in [3.63, 3.8) is 0 Å². The Bertz CT molecular complexity index is 575. The molecule has 0 bridgehead atoms. The number of amides is 1. The molecule has 0 atom stereocenters. The zero-order chi connectivity index (χ0) is 15.6. The number of hydrogen-bond donors (Lipinski definition) is 1. The molecule has 0 saturated carbocycles. The van der Waals surface area contributed by atoms with E-state index in [2.05, 4.69) is 27.6 Å². The SMILES string of the molecule is CCCCOC(=O)Nc1nnc(CSCc2ccccc2)s1. The van der Waals surface area contributed by atoms with Gasteiger partial charge in [0.1, 0.15) is 5.01 Å². The third-order valence-electron chi connectivity index (χ3n) is 2.74. The minimum Gasteiger partial charge on any atom is -0.449 e. The molecule has 22 heavy (non-hydrogen) atoms. The van der Waals surface area contributed by atoms with Gasteiger partial charge in [0.15, 0.2) is 0 Å². The molecule has 1 amide bonds. The molecule has 1 aromatic carbocycles. The van der Waals surface area contributed by atoms with Crippen LogP contribution in [0.4, 0.5) is 9.93 Å². The number of aromatic nitrogens is 2. The number of anilines is 1. The Labute approximate surface area is 138 Å². The fraction of sp³-hybridized carbons (Fsp3) is 0.400. The molecule has 0 aliphatic heterocycles. The van der Waals surface area contributed by atoms with E-state index in [9.17, 15) is 4.79 Å². The number of benzene rings is 1. The molecule has 118 valence electrons. The highest BCUT2D eigenvalue weighted by atomic mass is 32.2. The average Bonchev–Trinajstić information content (AvgIpc) is 2.96. The van der Waals surface area contributed by atoms with Crippen molar-refractivity contribution < 1.29 is 9.53 Å². The maximum atomic E-state index is 11.5. The van der Waals surface area contributed by atoms with Crippen LogP contribution < -0.4 is 5.32 Å².